The average molecular weight is 997 g/mol. The number of pyridine rings is 2. The lowest BCUT2D eigenvalue weighted by Gasteiger charge is -2.35. The minimum absolute atomic E-state index is 0.0887. The lowest BCUT2D eigenvalue weighted by Crippen LogP contribution is -2.51. The molecule has 20 heteroatoms. The van der Waals surface area contributed by atoms with Crippen LogP contribution in [0.1, 0.15) is 69.4 Å². The molecule has 2 atom stereocenters. The van der Waals surface area contributed by atoms with E-state index in [9.17, 15) is 19.2 Å². The molecule has 4 aliphatic rings. The molecule has 2 aromatic carbocycles. The first-order chi connectivity index (χ1) is 36.1. The minimum atomic E-state index is -0.175. The van der Waals surface area contributed by atoms with Gasteiger partial charge in [-0.2, -0.15) is 20.7 Å². The lowest BCUT2D eigenvalue weighted by atomic mass is 10.0. The third-order valence-corrected chi connectivity index (χ3v) is 14.4. The van der Waals surface area contributed by atoms with E-state index in [0.29, 0.717) is 87.7 Å². The van der Waals surface area contributed by atoms with Gasteiger partial charge in [0.05, 0.1) is 60.1 Å². The summed E-state index contributed by atoms with van der Waals surface area (Å²) in [6, 6.07) is 28.3. The predicted molar refractivity (Wildman–Crippen MR) is 280 cm³/mol. The molecule has 4 aliphatic heterocycles. The Labute approximate surface area is 429 Å². The van der Waals surface area contributed by atoms with Crippen LogP contribution in [-0.2, 0) is 22.7 Å². The van der Waals surface area contributed by atoms with Gasteiger partial charge in [-0.25, -0.2) is 20.2 Å². The van der Waals surface area contributed by atoms with Gasteiger partial charge in [-0.1, -0.05) is 48.5 Å². The largest absolute Gasteiger partial charge is 0.358 e. The molecule has 20 nitrogen and oxygen atoms in total. The van der Waals surface area contributed by atoms with Crippen LogP contribution in [0.4, 0.5) is 23.0 Å². The Morgan fingerprint density at radius 1 is 0.581 bits per heavy atom. The molecule has 2 saturated heterocycles. The number of nitrogens with one attached hydrogen (secondary N) is 4. The monoisotopic (exact) mass is 996 g/mol. The van der Waals surface area contributed by atoms with E-state index in [0.717, 1.165) is 48.9 Å². The molecule has 8 heterocycles. The first kappa shape index (κ1) is 50.5. The van der Waals surface area contributed by atoms with Crippen LogP contribution in [0.5, 0.6) is 0 Å². The SMILES string of the molecule is Cc1c(N2Cc3ccccc3[C@@H]2CCNCC(=O)N2CCN(c3ccc(C#N)cn3)CC2)cn[nH]c1=O.Cc1c(N2Cc3ccccc3[C@H]2CCNCC(=O)N2CCN(c3ccc(C#N)cn3)CC2)cn[nH]c1=O. The third-order valence-electron chi connectivity index (χ3n) is 14.4. The molecule has 74 heavy (non-hydrogen) atoms. The Kier molecular flexibility index (Phi) is 16.0. The van der Waals surface area contributed by atoms with Crippen molar-refractivity contribution in [3.05, 3.63) is 163 Å². The highest BCUT2D eigenvalue weighted by Gasteiger charge is 2.33. The number of aromatic nitrogens is 6. The molecule has 380 valence electrons. The highest BCUT2D eigenvalue weighted by molar-refractivity contribution is 5.79. The Morgan fingerprint density at radius 2 is 0.986 bits per heavy atom. The second kappa shape index (κ2) is 23.4. The second-order valence-corrected chi connectivity index (χ2v) is 18.8. The summed E-state index contributed by atoms with van der Waals surface area (Å²) in [4.78, 5) is 71.2. The van der Waals surface area contributed by atoms with Gasteiger partial charge in [0.15, 0.2) is 0 Å². The van der Waals surface area contributed by atoms with Crippen LogP contribution in [0.25, 0.3) is 0 Å². The van der Waals surface area contributed by atoms with Crippen molar-refractivity contribution in [1.82, 2.24) is 50.8 Å². The summed E-state index contributed by atoms with van der Waals surface area (Å²) in [5.41, 5.74) is 8.73. The molecule has 0 radical (unpaired) electrons. The van der Waals surface area contributed by atoms with Gasteiger partial charge in [0, 0.05) is 89.0 Å². The van der Waals surface area contributed by atoms with Crippen LogP contribution in [0, 0.1) is 36.5 Å². The summed E-state index contributed by atoms with van der Waals surface area (Å²) in [7, 11) is 0. The Balaban J connectivity index is 0.000000182. The van der Waals surface area contributed by atoms with E-state index in [1.165, 1.54) is 22.3 Å². The third kappa shape index (κ3) is 11.4. The standard InChI is InChI=1S/2C27H30N8O2/c2*1-19-24(16-31-32-27(19)37)35-18-21-4-2-3-5-22(21)23(35)8-9-29-17-26(36)34-12-10-33(11-13-34)25-7-6-20(14-28)15-30-25/h2*2-7,15-16,23,29H,8-13,17-18H2,1H3,(H,32,37)/t2*23-/m10/s1. The number of nitriles is 2. The molecule has 0 spiro atoms. The molecule has 0 unspecified atom stereocenters. The molecule has 0 aliphatic carbocycles. The maximum atomic E-state index is 12.8. The van der Waals surface area contributed by atoms with E-state index in [1.807, 2.05) is 60.0 Å². The van der Waals surface area contributed by atoms with Crippen molar-refractivity contribution in [2.24, 2.45) is 0 Å². The van der Waals surface area contributed by atoms with Crippen molar-refractivity contribution in [2.45, 2.75) is 51.9 Å². The predicted octanol–water partition coefficient (Wildman–Crippen LogP) is 3.47. The van der Waals surface area contributed by atoms with E-state index < -0.39 is 0 Å². The highest BCUT2D eigenvalue weighted by atomic mass is 16.2. The Hall–Kier alpha value is -8.46. The first-order valence-corrected chi connectivity index (χ1v) is 25.1. The van der Waals surface area contributed by atoms with Gasteiger partial charge in [0.1, 0.15) is 23.8 Å². The lowest BCUT2D eigenvalue weighted by molar-refractivity contribution is -0.131. The normalized spacial score (nSPS) is 17.0. The summed E-state index contributed by atoms with van der Waals surface area (Å²) in [5, 5.41) is 37.6. The van der Waals surface area contributed by atoms with Crippen molar-refractivity contribution in [1.29, 1.82) is 10.5 Å². The smallest absolute Gasteiger partial charge is 0.269 e. The zero-order chi connectivity index (χ0) is 51.6. The van der Waals surface area contributed by atoms with Gasteiger partial charge in [0.2, 0.25) is 11.8 Å². The number of hydrogen-bond acceptors (Lipinski definition) is 16. The molecule has 0 bridgehead atoms. The highest BCUT2D eigenvalue weighted by Crippen LogP contribution is 2.41. The number of benzene rings is 2. The zero-order valence-corrected chi connectivity index (χ0v) is 41.7. The van der Waals surface area contributed by atoms with Crippen LogP contribution in [0.15, 0.2) is 107 Å². The van der Waals surface area contributed by atoms with Gasteiger partial charge in [-0.3, -0.25) is 19.2 Å². The molecule has 2 fully saturated rings. The number of fused-ring (bicyclic) bond motifs is 2. The van der Waals surface area contributed by atoms with Crippen molar-refractivity contribution in [2.75, 3.05) is 98.1 Å². The summed E-state index contributed by atoms with van der Waals surface area (Å²) in [6.07, 6.45) is 8.20. The van der Waals surface area contributed by atoms with Crippen LogP contribution in [-0.4, -0.2) is 131 Å². The first-order valence-electron chi connectivity index (χ1n) is 25.1. The number of rotatable bonds is 14. The van der Waals surface area contributed by atoms with E-state index in [1.54, 1.807) is 36.9 Å². The van der Waals surface area contributed by atoms with Crippen LogP contribution in [0.3, 0.4) is 0 Å². The fraction of sp³-hybridized carbons (Fsp3) is 0.370. The summed E-state index contributed by atoms with van der Waals surface area (Å²) in [5.74, 6) is 1.84. The van der Waals surface area contributed by atoms with Gasteiger partial charge in [0.25, 0.3) is 11.1 Å². The fourth-order valence-corrected chi connectivity index (χ4v) is 10.3. The number of aromatic amines is 2. The number of anilines is 4. The number of piperazine rings is 2. The molecule has 0 saturated carbocycles. The van der Waals surface area contributed by atoms with Gasteiger partial charge < -0.3 is 40.0 Å². The number of carbonyl (C=O) groups is 2. The Morgan fingerprint density at radius 3 is 1.36 bits per heavy atom. The average Bonchev–Trinajstić information content (AvgIpc) is 4.01. The van der Waals surface area contributed by atoms with E-state index in [4.69, 9.17) is 10.5 Å². The molecular weight excluding hydrogens is 937 g/mol. The van der Waals surface area contributed by atoms with Crippen molar-refractivity contribution >= 4 is 34.8 Å². The van der Waals surface area contributed by atoms with Gasteiger partial charge in [-0.15, -0.1) is 0 Å². The van der Waals surface area contributed by atoms with Crippen molar-refractivity contribution < 1.29 is 9.59 Å². The molecule has 4 N–H and O–H groups in total. The number of amides is 2. The maximum Gasteiger partial charge on any atom is 0.269 e. The number of carbonyl (C=O) groups excluding carboxylic acids is 2. The number of nitrogens with zero attached hydrogens (tertiary/aromatic N) is 12. The van der Waals surface area contributed by atoms with E-state index in [-0.39, 0.29) is 48.1 Å². The molecule has 10 rings (SSSR count). The summed E-state index contributed by atoms with van der Waals surface area (Å²) < 4.78 is 0. The molecular formula is C54H60N16O4. The minimum Gasteiger partial charge on any atom is -0.358 e. The van der Waals surface area contributed by atoms with Crippen molar-refractivity contribution in [3.8, 4) is 12.1 Å². The number of H-pyrrole nitrogens is 2. The fourth-order valence-electron chi connectivity index (χ4n) is 10.3. The summed E-state index contributed by atoms with van der Waals surface area (Å²) >= 11 is 0. The maximum absolute atomic E-state index is 12.8. The molecule has 4 aromatic heterocycles. The van der Waals surface area contributed by atoms with E-state index in [2.05, 4.69) is 97.0 Å². The van der Waals surface area contributed by atoms with Gasteiger partial charge >= 0.3 is 0 Å². The Bertz CT molecular complexity index is 2920. The summed E-state index contributed by atoms with van der Waals surface area (Å²) in [6.45, 7) is 12.4. The zero-order valence-electron chi connectivity index (χ0n) is 41.7. The topological polar surface area (TPSA) is 242 Å². The van der Waals surface area contributed by atoms with Crippen LogP contribution in [0.2, 0.25) is 0 Å². The molecule has 2 amide bonds. The van der Waals surface area contributed by atoms with E-state index >= 15 is 0 Å². The van der Waals surface area contributed by atoms with Crippen LogP contribution < -0.4 is 41.4 Å². The second-order valence-electron chi connectivity index (χ2n) is 18.8. The molecule has 6 aromatic rings. The quantitative estimate of drug-likeness (QED) is 0.114. The number of hydrogen-bond donors (Lipinski definition) is 4. The van der Waals surface area contributed by atoms with Crippen LogP contribution >= 0.6 is 0 Å². The van der Waals surface area contributed by atoms with Crippen molar-refractivity contribution in [3.63, 3.8) is 0 Å². The van der Waals surface area contributed by atoms with Gasteiger partial charge in [-0.05, 0) is 86.3 Å².